The lowest BCUT2D eigenvalue weighted by atomic mass is 10.0. The molecule has 2 rings (SSSR count). The molecule has 2 bridgehead atoms. The van der Waals surface area contributed by atoms with Gasteiger partial charge in [-0.05, 0) is 32.4 Å². The summed E-state index contributed by atoms with van der Waals surface area (Å²) in [5.41, 5.74) is 2.75. The Morgan fingerprint density at radius 2 is 1.19 bits per heavy atom. The van der Waals surface area contributed by atoms with E-state index in [1.807, 2.05) is 18.2 Å². The minimum Gasteiger partial charge on any atom is -0.384 e. The van der Waals surface area contributed by atoms with Gasteiger partial charge < -0.3 is 5.32 Å². The molecular formula is C28H45NO3. The van der Waals surface area contributed by atoms with Crippen molar-refractivity contribution in [2.24, 2.45) is 0 Å². The predicted octanol–water partition coefficient (Wildman–Crippen LogP) is 6.94. The second kappa shape index (κ2) is 17.6. The first-order valence-electron chi connectivity index (χ1n) is 12.9. The highest BCUT2D eigenvalue weighted by molar-refractivity contribution is 6.18. The molecule has 1 N–H and O–H groups in total. The van der Waals surface area contributed by atoms with E-state index >= 15 is 0 Å². The molecule has 0 amide bonds. The Bertz CT molecular complexity index is 673. The van der Waals surface area contributed by atoms with E-state index < -0.39 is 0 Å². The summed E-state index contributed by atoms with van der Waals surface area (Å²) in [6.45, 7) is 6.08. The first kappa shape index (κ1) is 28.1. The standard InChI is InChI=1S/C23H37NO.C5H8O2/c1-2-3-4-5-6-7-8-9-10-11-12-13-14-15-18-24-22-19-20-16-17-21(22)23(20)25;1-4(6)3-5(2)7/h16-17,19,24H,2-15,18H2,1H3;3H2,1-2H3. The van der Waals surface area contributed by atoms with Gasteiger partial charge in [-0.3, -0.25) is 14.4 Å². The maximum Gasteiger partial charge on any atom is 0.195 e. The summed E-state index contributed by atoms with van der Waals surface area (Å²) >= 11 is 0. The summed E-state index contributed by atoms with van der Waals surface area (Å²) in [6, 6.07) is 0. The highest BCUT2D eigenvalue weighted by Gasteiger charge is 2.26. The van der Waals surface area contributed by atoms with Gasteiger partial charge in [0, 0.05) is 23.4 Å². The Morgan fingerprint density at radius 1 is 0.719 bits per heavy atom. The van der Waals surface area contributed by atoms with Crippen LogP contribution in [0.15, 0.2) is 35.1 Å². The zero-order valence-corrected chi connectivity index (χ0v) is 20.8. The number of nitrogens with one attached hydrogen (secondary N) is 1. The molecule has 0 aromatic carbocycles. The van der Waals surface area contributed by atoms with Crippen molar-refractivity contribution < 1.29 is 14.4 Å². The number of hydrogen-bond donors (Lipinski definition) is 1. The molecule has 2 aliphatic rings. The van der Waals surface area contributed by atoms with E-state index in [-0.39, 0.29) is 23.8 Å². The third-order valence-corrected chi connectivity index (χ3v) is 5.87. The van der Waals surface area contributed by atoms with Crippen LogP contribution in [0.4, 0.5) is 0 Å². The molecule has 0 radical (unpaired) electrons. The average Bonchev–Trinajstić information content (AvgIpc) is 3.24. The van der Waals surface area contributed by atoms with Crippen LogP contribution in [-0.2, 0) is 14.4 Å². The Hall–Kier alpha value is -1.97. The number of carbonyl (C=O) groups is 3. The monoisotopic (exact) mass is 443 g/mol. The van der Waals surface area contributed by atoms with Crippen LogP contribution in [0.2, 0.25) is 0 Å². The first-order chi connectivity index (χ1) is 15.5. The molecule has 0 aliphatic heterocycles. The van der Waals surface area contributed by atoms with Crippen LogP contribution >= 0.6 is 0 Å². The van der Waals surface area contributed by atoms with E-state index in [1.165, 1.54) is 104 Å². The molecule has 0 atom stereocenters. The molecule has 0 aromatic rings. The van der Waals surface area contributed by atoms with Crippen LogP contribution in [0.1, 0.15) is 117 Å². The van der Waals surface area contributed by atoms with Crippen LogP contribution in [-0.4, -0.2) is 23.9 Å². The van der Waals surface area contributed by atoms with Gasteiger partial charge in [-0.2, -0.15) is 0 Å². The van der Waals surface area contributed by atoms with Crippen molar-refractivity contribution in [3.05, 3.63) is 35.1 Å². The van der Waals surface area contributed by atoms with Crippen molar-refractivity contribution in [2.45, 2.75) is 117 Å². The van der Waals surface area contributed by atoms with Crippen LogP contribution < -0.4 is 5.32 Å². The van der Waals surface area contributed by atoms with Crippen molar-refractivity contribution in [3.63, 3.8) is 0 Å². The SMILES string of the molecule is CC(=O)CC(C)=O.CCCCCCCCCCCCCCCCNC1=C2C=CC(=C1)C2=O. The van der Waals surface area contributed by atoms with Crippen molar-refractivity contribution in [1.82, 2.24) is 5.32 Å². The lowest BCUT2D eigenvalue weighted by molar-refractivity contribution is -0.124. The summed E-state index contributed by atoms with van der Waals surface area (Å²) in [6.07, 6.45) is 25.4. The molecule has 0 unspecified atom stereocenters. The Morgan fingerprint density at radius 3 is 1.53 bits per heavy atom. The molecule has 2 aliphatic carbocycles. The summed E-state index contributed by atoms with van der Waals surface area (Å²) < 4.78 is 0. The third-order valence-electron chi connectivity index (χ3n) is 5.87. The first-order valence-corrected chi connectivity index (χ1v) is 12.9. The van der Waals surface area contributed by atoms with E-state index in [1.54, 1.807) is 0 Å². The number of unbranched alkanes of at least 4 members (excludes halogenated alkanes) is 13. The van der Waals surface area contributed by atoms with E-state index in [0.717, 1.165) is 23.4 Å². The maximum absolute atomic E-state index is 11.7. The van der Waals surface area contributed by atoms with Crippen LogP contribution in [0.3, 0.4) is 0 Å². The highest BCUT2D eigenvalue weighted by atomic mass is 16.1. The summed E-state index contributed by atoms with van der Waals surface area (Å²) in [5, 5.41) is 3.42. The van der Waals surface area contributed by atoms with E-state index in [9.17, 15) is 14.4 Å². The Kier molecular flexibility index (Phi) is 15.4. The van der Waals surface area contributed by atoms with Crippen LogP contribution in [0.5, 0.6) is 0 Å². The largest absolute Gasteiger partial charge is 0.384 e. The predicted molar refractivity (Wildman–Crippen MR) is 134 cm³/mol. The lowest BCUT2D eigenvalue weighted by Gasteiger charge is -2.07. The number of hydrogen-bond acceptors (Lipinski definition) is 4. The molecule has 4 nitrogen and oxygen atoms in total. The van der Waals surface area contributed by atoms with Crippen molar-refractivity contribution in [2.75, 3.05) is 6.54 Å². The molecular weight excluding hydrogens is 398 g/mol. The van der Waals surface area contributed by atoms with Gasteiger partial charge in [-0.25, -0.2) is 0 Å². The molecule has 0 fully saturated rings. The summed E-state index contributed by atoms with van der Waals surface area (Å²) in [4.78, 5) is 31.8. The molecule has 4 heteroatoms. The van der Waals surface area contributed by atoms with Gasteiger partial charge in [0.05, 0.1) is 6.42 Å². The zero-order chi connectivity index (χ0) is 23.6. The van der Waals surface area contributed by atoms with E-state index in [2.05, 4.69) is 12.2 Å². The van der Waals surface area contributed by atoms with Gasteiger partial charge in [0.25, 0.3) is 0 Å². The minimum absolute atomic E-state index is 0.0625. The molecule has 180 valence electrons. The zero-order valence-electron chi connectivity index (χ0n) is 20.8. The molecule has 0 saturated heterocycles. The van der Waals surface area contributed by atoms with Crippen LogP contribution in [0, 0.1) is 0 Å². The molecule has 0 saturated carbocycles. The molecule has 0 heterocycles. The van der Waals surface area contributed by atoms with Crippen molar-refractivity contribution in [3.8, 4) is 0 Å². The number of fused-ring (bicyclic) bond motifs is 2. The lowest BCUT2D eigenvalue weighted by Crippen LogP contribution is -2.14. The molecule has 0 aromatic heterocycles. The van der Waals surface area contributed by atoms with Crippen molar-refractivity contribution in [1.29, 1.82) is 0 Å². The third kappa shape index (κ3) is 12.8. The average molecular weight is 444 g/mol. The normalized spacial score (nSPS) is 13.8. The number of Topliss-reactive ketones (excluding diaryl/α,β-unsaturated/α-hetero) is 3. The summed E-state index contributed by atoms with van der Waals surface area (Å²) in [5.74, 6) is 0.0726. The van der Waals surface area contributed by atoms with E-state index in [0.29, 0.717) is 0 Å². The second-order valence-electron chi connectivity index (χ2n) is 9.19. The molecule has 32 heavy (non-hydrogen) atoms. The number of carbonyl (C=O) groups excluding carboxylic acids is 3. The maximum atomic E-state index is 11.7. The Labute approximate surface area is 196 Å². The second-order valence-corrected chi connectivity index (χ2v) is 9.19. The summed E-state index contributed by atoms with van der Waals surface area (Å²) in [7, 11) is 0. The topological polar surface area (TPSA) is 63.2 Å². The van der Waals surface area contributed by atoms with Gasteiger partial charge in [-0.1, -0.05) is 96.5 Å². The fraction of sp³-hybridized carbons (Fsp3) is 0.679. The van der Waals surface area contributed by atoms with Gasteiger partial charge >= 0.3 is 0 Å². The van der Waals surface area contributed by atoms with Gasteiger partial charge in [0.2, 0.25) is 0 Å². The Balaban J connectivity index is 0.000000633. The fourth-order valence-electron chi connectivity index (χ4n) is 4.08. The van der Waals surface area contributed by atoms with Gasteiger partial charge in [0.15, 0.2) is 5.78 Å². The highest BCUT2D eigenvalue weighted by Crippen LogP contribution is 2.28. The molecule has 0 spiro atoms. The quantitative estimate of drug-likeness (QED) is 0.184. The number of allylic oxidation sites excluding steroid dienone is 5. The van der Waals surface area contributed by atoms with Crippen LogP contribution in [0.25, 0.3) is 0 Å². The number of ketones is 3. The van der Waals surface area contributed by atoms with Crippen molar-refractivity contribution >= 4 is 17.3 Å². The van der Waals surface area contributed by atoms with E-state index in [4.69, 9.17) is 0 Å². The smallest absolute Gasteiger partial charge is 0.195 e. The number of rotatable bonds is 18. The van der Waals surface area contributed by atoms with Gasteiger partial charge in [-0.15, -0.1) is 0 Å². The van der Waals surface area contributed by atoms with Gasteiger partial charge in [0.1, 0.15) is 11.6 Å². The minimum atomic E-state index is -0.0625. The fourth-order valence-corrected chi connectivity index (χ4v) is 4.08.